The Morgan fingerprint density at radius 3 is 2.46 bits per heavy atom. The normalized spacial score (nSPS) is 11.2. The minimum Gasteiger partial charge on any atom is -0.322 e. The molecule has 0 saturated carbocycles. The number of nitrogens with one attached hydrogen (secondary N) is 1. The first kappa shape index (κ1) is 16.7. The number of carbonyl (C=O) groups excluding carboxylic acids is 1. The van der Waals surface area contributed by atoms with Gasteiger partial charge in [0, 0.05) is 27.5 Å². The molecule has 2 heterocycles. The molecule has 0 bridgehead atoms. The predicted octanol–water partition coefficient (Wildman–Crippen LogP) is 4.88. The van der Waals surface area contributed by atoms with Crippen molar-refractivity contribution in [2.75, 3.05) is 5.32 Å². The van der Waals surface area contributed by atoms with E-state index in [1.54, 1.807) is 35.1 Å². The van der Waals surface area contributed by atoms with Gasteiger partial charge < -0.3 is 5.32 Å². The Balaban J connectivity index is 2.03. The summed E-state index contributed by atoms with van der Waals surface area (Å²) >= 11 is 12.0. The van der Waals surface area contributed by atoms with Crippen molar-refractivity contribution in [3.8, 4) is 0 Å². The molecule has 1 N–H and O–H groups in total. The molecule has 0 saturated heterocycles. The lowest BCUT2D eigenvalue weighted by molar-refractivity contribution is 0.102. The highest BCUT2D eigenvalue weighted by Gasteiger charge is 2.17. The van der Waals surface area contributed by atoms with E-state index in [0.29, 0.717) is 32.3 Å². The number of aryl methyl sites for hydroxylation is 1. The zero-order valence-corrected chi connectivity index (χ0v) is 15.0. The van der Waals surface area contributed by atoms with Gasteiger partial charge in [0.15, 0.2) is 5.65 Å². The van der Waals surface area contributed by atoms with Crippen molar-refractivity contribution in [2.45, 2.75) is 26.8 Å². The van der Waals surface area contributed by atoms with Crippen LogP contribution in [0.4, 0.5) is 5.69 Å². The number of hydrogen-bond acceptors (Lipinski definition) is 3. The van der Waals surface area contributed by atoms with Gasteiger partial charge in [-0.05, 0) is 45.0 Å². The summed E-state index contributed by atoms with van der Waals surface area (Å²) in [5.74, 6) is -0.257. The number of nitrogens with zero attached hydrogens (tertiary/aromatic N) is 3. The van der Waals surface area contributed by atoms with Gasteiger partial charge in [-0.2, -0.15) is 5.10 Å². The summed E-state index contributed by atoms with van der Waals surface area (Å²) in [4.78, 5) is 17.2. The lowest BCUT2D eigenvalue weighted by Gasteiger charge is -2.10. The maximum absolute atomic E-state index is 12.7. The van der Waals surface area contributed by atoms with Gasteiger partial charge >= 0.3 is 0 Å². The Morgan fingerprint density at radius 1 is 1.17 bits per heavy atom. The van der Waals surface area contributed by atoms with E-state index >= 15 is 0 Å². The van der Waals surface area contributed by atoms with Crippen LogP contribution in [0.5, 0.6) is 0 Å². The molecule has 0 radical (unpaired) electrons. The smallest absolute Gasteiger partial charge is 0.256 e. The number of aromatic nitrogens is 3. The minimum atomic E-state index is -0.257. The molecule has 3 aromatic rings. The quantitative estimate of drug-likeness (QED) is 0.722. The molecule has 0 atom stereocenters. The van der Waals surface area contributed by atoms with Crippen molar-refractivity contribution in [2.24, 2.45) is 0 Å². The molecular formula is C17H16Cl2N4O. The van der Waals surface area contributed by atoms with Crippen LogP contribution in [0.1, 0.15) is 35.9 Å². The lowest BCUT2D eigenvalue weighted by Crippen LogP contribution is -2.13. The first-order valence-electron chi connectivity index (χ1n) is 7.47. The average molecular weight is 363 g/mol. The van der Waals surface area contributed by atoms with E-state index in [-0.39, 0.29) is 11.9 Å². The molecule has 7 heteroatoms. The van der Waals surface area contributed by atoms with Gasteiger partial charge in [0.2, 0.25) is 0 Å². The molecule has 0 fully saturated rings. The van der Waals surface area contributed by atoms with Crippen LogP contribution in [0.2, 0.25) is 10.0 Å². The van der Waals surface area contributed by atoms with E-state index < -0.39 is 0 Å². The first-order valence-corrected chi connectivity index (χ1v) is 8.23. The highest BCUT2D eigenvalue weighted by atomic mass is 35.5. The summed E-state index contributed by atoms with van der Waals surface area (Å²) < 4.78 is 1.80. The number of carbonyl (C=O) groups is 1. The Morgan fingerprint density at radius 2 is 1.83 bits per heavy atom. The van der Waals surface area contributed by atoms with Crippen molar-refractivity contribution in [3.63, 3.8) is 0 Å². The molecule has 1 aromatic carbocycles. The Bertz CT molecular complexity index is 913. The standard InChI is InChI=1S/C17H16Cl2N4O/c1-9(2)23-16-15(8-20-23)14(4-10(3)21-16)17(24)22-13-6-11(18)5-12(19)7-13/h4-9H,1-3H3,(H,22,24). The molecular weight excluding hydrogens is 347 g/mol. The molecule has 2 aromatic heterocycles. The maximum Gasteiger partial charge on any atom is 0.256 e. The molecule has 1 amide bonds. The van der Waals surface area contributed by atoms with Crippen LogP contribution in [0, 0.1) is 6.92 Å². The average Bonchev–Trinajstić information content (AvgIpc) is 2.88. The second kappa shape index (κ2) is 6.42. The zero-order chi connectivity index (χ0) is 17.4. The molecule has 0 aliphatic rings. The highest BCUT2D eigenvalue weighted by molar-refractivity contribution is 6.35. The van der Waals surface area contributed by atoms with Crippen LogP contribution >= 0.6 is 23.2 Å². The summed E-state index contributed by atoms with van der Waals surface area (Å²) in [6, 6.07) is 6.80. The van der Waals surface area contributed by atoms with Crippen LogP contribution in [-0.2, 0) is 0 Å². The molecule has 0 aliphatic heterocycles. The van der Waals surface area contributed by atoms with E-state index in [1.165, 1.54) is 0 Å². The number of anilines is 1. The van der Waals surface area contributed by atoms with E-state index in [4.69, 9.17) is 23.2 Å². The fourth-order valence-electron chi connectivity index (χ4n) is 2.53. The Hall–Kier alpha value is -2.11. The number of rotatable bonds is 3. The lowest BCUT2D eigenvalue weighted by atomic mass is 10.1. The fraction of sp³-hybridized carbons (Fsp3) is 0.235. The topological polar surface area (TPSA) is 59.8 Å². The van der Waals surface area contributed by atoms with Crippen molar-refractivity contribution in [1.29, 1.82) is 0 Å². The number of halogens is 2. The molecule has 0 unspecified atom stereocenters. The Kier molecular flexibility index (Phi) is 4.47. The van der Waals surface area contributed by atoms with Gasteiger partial charge in [0.05, 0.1) is 17.1 Å². The third-order valence-electron chi connectivity index (χ3n) is 3.55. The highest BCUT2D eigenvalue weighted by Crippen LogP contribution is 2.25. The monoisotopic (exact) mass is 362 g/mol. The van der Waals surface area contributed by atoms with E-state index in [1.807, 2.05) is 20.8 Å². The largest absolute Gasteiger partial charge is 0.322 e. The number of amides is 1. The third-order valence-corrected chi connectivity index (χ3v) is 3.99. The molecule has 124 valence electrons. The van der Waals surface area contributed by atoms with Crippen LogP contribution in [0.25, 0.3) is 11.0 Å². The van der Waals surface area contributed by atoms with Crippen LogP contribution < -0.4 is 5.32 Å². The molecule has 3 rings (SSSR count). The predicted molar refractivity (Wildman–Crippen MR) is 97.1 cm³/mol. The maximum atomic E-state index is 12.7. The van der Waals surface area contributed by atoms with Crippen molar-refractivity contribution in [1.82, 2.24) is 14.8 Å². The molecule has 5 nitrogen and oxygen atoms in total. The van der Waals surface area contributed by atoms with Crippen LogP contribution in [0.15, 0.2) is 30.5 Å². The van der Waals surface area contributed by atoms with Crippen molar-refractivity contribution < 1.29 is 4.79 Å². The number of hydrogen-bond donors (Lipinski definition) is 1. The van der Waals surface area contributed by atoms with E-state index in [9.17, 15) is 4.79 Å². The van der Waals surface area contributed by atoms with E-state index in [0.717, 1.165) is 5.69 Å². The second-order valence-corrected chi connectivity index (χ2v) is 6.72. The van der Waals surface area contributed by atoms with Crippen LogP contribution in [-0.4, -0.2) is 20.7 Å². The third kappa shape index (κ3) is 3.23. The summed E-state index contributed by atoms with van der Waals surface area (Å²) in [6.07, 6.45) is 1.67. The van der Waals surface area contributed by atoms with Gasteiger partial charge in [-0.25, -0.2) is 9.67 Å². The molecule has 24 heavy (non-hydrogen) atoms. The number of pyridine rings is 1. The SMILES string of the molecule is Cc1cc(C(=O)Nc2cc(Cl)cc(Cl)c2)c2cnn(C(C)C)c2n1. The first-order chi connectivity index (χ1) is 11.3. The van der Waals surface area contributed by atoms with Gasteiger partial charge in [0.25, 0.3) is 5.91 Å². The van der Waals surface area contributed by atoms with Crippen molar-refractivity contribution >= 4 is 45.8 Å². The fourth-order valence-corrected chi connectivity index (χ4v) is 3.06. The van der Waals surface area contributed by atoms with Crippen molar-refractivity contribution in [3.05, 3.63) is 51.8 Å². The molecule has 0 aliphatic carbocycles. The Labute approximate surface area is 149 Å². The summed E-state index contributed by atoms with van der Waals surface area (Å²) in [5.41, 5.74) is 2.50. The summed E-state index contributed by atoms with van der Waals surface area (Å²) in [5, 5.41) is 8.80. The summed E-state index contributed by atoms with van der Waals surface area (Å²) in [7, 11) is 0. The van der Waals surface area contributed by atoms with Crippen LogP contribution in [0.3, 0.4) is 0 Å². The van der Waals surface area contributed by atoms with Gasteiger partial charge in [0.1, 0.15) is 0 Å². The number of benzene rings is 1. The minimum absolute atomic E-state index is 0.152. The second-order valence-electron chi connectivity index (χ2n) is 5.84. The van der Waals surface area contributed by atoms with E-state index in [2.05, 4.69) is 15.4 Å². The number of fused-ring (bicyclic) bond motifs is 1. The van der Waals surface area contributed by atoms with Gasteiger partial charge in [-0.15, -0.1) is 0 Å². The summed E-state index contributed by atoms with van der Waals surface area (Å²) in [6.45, 7) is 5.89. The zero-order valence-electron chi connectivity index (χ0n) is 13.5. The molecule has 0 spiro atoms. The van der Waals surface area contributed by atoms with Gasteiger partial charge in [-0.1, -0.05) is 23.2 Å². The van der Waals surface area contributed by atoms with Gasteiger partial charge in [-0.3, -0.25) is 4.79 Å².